The van der Waals surface area contributed by atoms with Crippen molar-refractivity contribution in [3.63, 3.8) is 0 Å². The van der Waals surface area contributed by atoms with Crippen molar-refractivity contribution in [3.8, 4) is 0 Å². The standard InChI is InChI=1S/C10H13FN2/c1-13-4-2-3-10(13)8-5-9(11)7-12-6-8/h5-7,10H,2-4H2,1H3/t10-/m0/s1. The molecule has 0 radical (unpaired) electrons. The van der Waals surface area contributed by atoms with Gasteiger partial charge in [0.2, 0.25) is 0 Å². The Hall–Kier alpha value is -0.960. The molecule has 2 nitrogen and oxygen atoms in total. The predicted octanol–water partition coefficient (Wildman–Crippen LogP) is 1.99. The van der Waals surface area contributed by atoms with E-state index in [4.69, 9.17) is 0 Å². The van der Waals surface area contributed by atoms with Gasteiger partial charge in [0.25, 0.3) is 0 Å². The molecule has 1 aromatic rings. The predicted molar refractivity (Wildman–Crippen MR) is 48.8 cm³/mol. The molecule has 1 aliphatic rings. The second kappa shape index (κ2) is 3.42. The maximum atomic E-state index is 12.9. The molecule has 1 aliphatic heterocycles. The largest absolute Gasteiger partial charge is 0.299 e. The second-order valence-corrected chi connectivity index (χ2v) is 3.58. The quantitative estimate of drug-likeness (QED) is 0.657. The van der Waals surface area contributed by atoms with E-state index in [1.54, 1.807) is 12.3 Å². The first-order chi connectivity index (χ1) is 6.27. The summed E-state index contributed by atoms with van der Waals surface area (Å²) in [5.41, 5.74) is 1.00. The van der Waals surface area contributed by atoms with Gasteiger partial charge in [-0.25, -0.2) is 4.39 Å². The molecule has 70 valence electrons. The van der Waals surface area contributed by atoms with Crippen molar-refractivity contribution in [1.29, 1.82) is 0 Å². The Morgan fingerprint density at radius 3 is 3.00 bits per heavy atom. The first-order valence-corrected chi connectivity index (χ1v) is 4.58. The van der Waals surface area contributed by atoms with E-state index in [1.807, 2.05) is 0 Å². The van der Waals surface area contributed by atoms with Gasteiger partial charge in [0.15, 0.2) is 0 Å². The van der Waals surface area contributed by atoms with Gasteiger partial charge in [-0.1, -0.05) is 0 Å². The van der Waals surface area contributed by atoms with E-state index in [0.29, 0.717) is 6.04 Å². The molecule has 2 rings (SSSR count). The fraction of sp³-hybridized carbons (Fsp3) is 0.500. The molecular weight excluding hydrogens is 167 g/mol. The van der Waals surface area contributed by atoms with Gasteiger partial charge in [-0.05, 0) is 38.1 Å². The van der Waals surface area contributed by atoms with Gasteiger partial charge in [0.1, 0.15) is 5.82 Å². The van der Waals surface area contributed by atoms with Crippen LogP contribution in [0.15, 0.2) is 18.5 Å². The van der Waals surface area contributed by atoms with Crippen molar-refractivity contribution >= 4 is 0 Å². The second-order valence-electron chi connectivity index (χ2n) is 3.58. The van der Waals surface area contributed by atoms with Gasteiger partial charge < -0.3 is 0 Å². The highest BCUT2D eigenvalue weighted by Crippen LogP contribution is 2.29. The Kier molecular flexibility index (Phi) is 2.27. The molecule has 1 fully saturated rings. The molecule has 0 saturated carbocycles. The Morgan fingerprint density at radius 2 is 2.38 bits per heavy atom. The summed E-state index contributed by atoms with van der Waals surface area (Å²) in [5, 5.41) is 0. The molecule has 0 unspecified atom stereocenters. The van der Waals surface area contributed by atoms with E-state index in [-0.39, 0.29) is 5.82 Å². The van der Waals surface area contributed by atoms with Crippen LogP contribution in [0.3, 0.4) is 0 Å². The average Bonchev–Trinajstić information content (AvgIpc) is 2.51. The zero-order chi connectivity index (χ0) is 9.26. The molecule has 0 N–H and O–H groups in total. The van der Waals surface area contributed by atoms with Gasteiger partial charge in [-0.2, -0.15) is 0 Å². The zero-order valence-electron chi connectivity index (χ0n) is 7.70. The highest BCUT2D eigenvalue weighted by molar-refractivity contribution is 5.16. The molecule has 2 heterocycles. The number of nitrogens with zero attached hydrogens (tertiary/aromatic N) is 2. The molecule has 0 amide bonds. The van der Waals surface area contributed by atoms with Crippen LogP contribution in [0.4, 0.5) is 4.39 Å². The van der Waals surface area contributed by atoms with Gasteiger partial charge >= 0.3 is 0 Å². The number of aromatic nitrogens is 1. The number of hydrogen-bond donors (Lipinski definition) is 0. The number of pyridine rings is 1. The first kappa shape index (κ1) is 8.63. The maximum Gasteiger partial charge on any atom is 0.141 e. The third kappa shape index (κ3) is 1.70. The SMILES string of the molecule is CN1CCC[C@H]1c1cncc(F)c1. The molecule has 1 aromatic heterocycles. The molecule has 0 aliphatic carbocycles. The van der Waals surface area contributed by atoms with Gasteiger partial charge in [0.05, 0.1) is 6.20 Å². The van der Waals surface area contributed by atoms with Crippen molar-refractivity contribution in [2.45, 2.75) is 18.9 Å². The van der Waals surface area contributed by atoms with Crippen molar-refractivity contribution in [1.82, 2.24) is 9.88 Å². The van der Waals surface area contributed by atoms with Crippen LogP contribution in [0, 0.1) is 5.82 Å². The Labute approximate surface area is 77.4 Å². The zero-order valence-corrected chi connectivity index (χ0v) is 7.70. The topological polar surface area (TPSA) is 16.1 Å². The lowest BCUT2D eigenvalue weighted by Crippen LogP contribution is -2.17. The monoisotopic (exact) mass is 180 g/mol. The van der Waals surface area contributed by atoms with Gasteiger partial charge in [-0.15, -0.1) is 0 Å². The van der Waals surface area contributed by atoms with E-state index in [1.165, 1.54) is 12.6 Å². The Bertz CT molecular complexity index is 301. The van der Waals surface area contributed by atoms with Crippen LogP contribution < -0.4 is 0 Å². The fourth-order valence-electron chi connectivity index (χ4n) is 1.94. The van der Waals surface area contributed by atoms with E-state index < -0.39 is 0 Å². The summed E-state index contributed by atoms with van der Waals surface area (Å²) in [6.07, 6.45) is 5.31. The van der Waals surface area contributed by atoms with Crippen molar-refractivity contribution < 1.29 is 4.39 Å². The summed E-state index contributed by atoms with van der Waals surface area (Å²) in [7, 11) is 2.07. The van der Waals surface area contributed by atoms with E-state index in [2.05, 4.69) is 16.9 Å². The number of rotatable bonds is 1. The van der Waals surface area contributed by atoms with Crippen LogP contribution >= 0.6 is 0 Å². The number of halogens is 1. The van der Waals surface area contributed by atoms with E-state index in [0.717, 1.165) is 18.5 Å². The molecular formula is C10H13FN2. The minimum atomic E-state index is -0.238. The molecule has 3 heteroatoms. The van der Waals surface area contributed by atoms with Crippen LogP contribution in [0.2, 0.25) is 0 Å². The normalized spacial score (nSPS) is 23.7. The maximum absolute atomic E-state index is 12.9. The summed E-state index contributed by atoms with van der Waals surface area (Å²) in [6.45, 7) is 1.10. The Balaban J connectivity index is 2.24. The lowest BCUT2D eigenvalue weighted by atomic mass is 10.1. The van der Waals surface area contributed by atoms with Crippen LogP contribution in [0.1, 0.15) is 24.4 Å². The van der Waals surface area contributed by atoms with Crippen LogP contribution in [0.5, 0.6) is 0 Å². The lowest BCUT2D eigenvalue weighted by molar-refractivity contribution is 0.316. The average molecular weight is 180 g/mol. The van der Waals surface area contributed by atoms with Crippen molar-refractivity contribution in [2.75, 3.05) is 13.6 Å². The molecule has 0 aromatic carbocycles. The molecule has 13 heavy (non-hydrogen) atoms. The first-order valence-electron chi connectivity index (χ1n) is 4.58. The summed E-state index contributed by atoms with van der Waals surface area (Å²) in [4.78, 5) is 6.11. The van der Waals surface area contributed by atoms with E-state index in [9.17, 15) is 4.39 Å². The third-order valence-corrected chi connectivity index (χ3v) is 2.63. The lowest BCUT2D eigenvalue weighted by Gasteiger charge is -2.18. The smallest absolute Gasteiger partial charge is 0.141 e. The van der Waals surface area contributed by atoms with E-state index >= 15 is 0 Å². The highest BCUT2D eigenvalue weighted by atomic mass is 19.1. The number of hydrogen-bond acceptors (Lipinski definition) is 2. The fourth-order valence-corrected chi connectivity index (χ4v) is 1.94. The van der Waals surface area contributed by atoms with Gasteiger partial charge in [0, 0.05) is 12.2 Å². The van der Waals surface area contributed by atoms with Crippen molar-refractivity contribution in [3.05, 3.63) is 29.8 Å². The van der Waals surface area contributed by atoms with Crippen LogP contribution in [-0.4, -0.2) is 23.5 Å². The summed E-state index contributed by atoms with van der Waals surface area (Å²) in [5.74, 6) is -0.238. The minimum absolute atomic E-state index is 0.238. The van der Waals surface area contributed by atoms with Crippen LogP contribution in [0.25, 0.3) is 0 Å². The molecule has 1 atom stereocenters. The number of likely N-dealkylation sites (tertiary alicyclic amines) is 1. The van der Waals surface area contributed by atoms with Crippen LogP contribution in [-0.2, 0) is 0 Å². The summed E-state index contributed by atoms with van der Waals surface area (Å²) < 4.78 is 12.9. The minimum Gasteiger partial charge on any atom is -0.299 e. The summed E-state index contributed by atoms with van der Waals surface area (Å²) >= 11 is 0. The molecule has 1 saturated heterocycles. The third-order valence-electron chi connectivity index (χ3n) is 2.63. The molecule has 0 spiro atoms. The van der Waals surface area contributed by atoms with Crippen molar-refractivity contribution in [2.24, 2.45) is 0 Å². The summed E-state index contributed by atoms with van der Waals surface area (Å²) in [6, 6.07) is 1.95. The Morgan fingerprint density at radius 1 is 1.54 bits per heavy atom. The van der Waals surface area contributed by atoms with Gasteiger partial charge in [-0.3, -0.25) is 9.88 Å². The molecule has 0 bridgehead atoms. The highest BCUT2D eigenvalue weighted by Gasteiger charge is 2.22.